The normalized spacial score (nSPS) is 12.5. The molecule has 4 aromatic carbocycles. The van der Waals surface area contributed by atoms with Crippen LogP contribution in [0.25, 0.3) is 22.3 Å². The summed E-state index contributed by atoms with van der Waals surface area (Å²) in [4.78, 5) is 14.2. The van der Waals surface area contributed by atoms with E-state index in [9.17, 15) is 0 Å². The van der Waals surface area contributed by atoms with E-state index in [1.165, 1.54) is 21.2 Å². The lowest BCUT2D eigenvalue weighted by Gasteiger charge is -2.32. The Bertz CT molecular complexity index is 1330. The number of hydrogen-bond acceptors (Lipinski definition) is 4. The molecule has 0 unspecified atom stereocenters. The number of hydrogen-bond donors (Lipinski definition) is 0. The minimum absolute atomic E-state index is 0.884. The fraction of sp³-hybridized carbons (Fsp3) is 0. The molecule has 0 radical (unpaired) electrons. The first-order valence-electron chi connectivity index (χ1n) is 9.85. The molecule has 0 saturated carbocycles. The second-order valence-electron chi connectivity index (χ2n) is 7.16. The van der Waals surface area contributed by atoms with Crippen LogP contribution in [0.2, 0.25) is 0 Å². The maximum absolute atomic E-state index is 4.78. The Kier molecular flexibility index (Phi) is 4.03. The number of rotatable bonds is 2. The fourth-order valence-corrected chi connectivity index (χ4v) is 4.92. The average molecular weight is 404 g/mol. The smallest absolute Gasteiger partial charge is 0.0894 e. The highest BCUT2D eigenvalue weighted by atomic mass is 32.2. The number of aromatic nitrogens is 2. The molecule has 0 N–H and O–H groups in total. The predicted molar refractivity (Wildman–Crippen MR) is 124 cm³/mol. The molecule has 142 valence electrons. The van der Waals surface area contributed by atoms with E-state index in [4.69, 9.17) is 4.98 Å². The van der Waals surface area contributed by atoms with Crippen LogP contribution in [0.4, 0.5) is 17.1 Å². The summed E-state index contributed by atoms with van der Waals surface area (Å²) in [5, 5.41) is 0. The standard InChI is InChI=1S/C26H17N3S/c1-2-8-21-20(7-1)27-17-22(28-21)18-13-15-19(16-14-18)29-23-9-3-5-11-25(23)30-26-12-6-4-10-24(26)29/h1-17H. The molecule has 4 heteroatoms. The van der Waals surface area contributed by atoms with Gasteiger partial charge in [-0.3, -0.25) is 4.98 Å². The van der Waals surface area contributed by atoms with Crippen LogP contribution in [0.5, 0.6) is 0 Å². The van der Waals surface area contributed by atoms with E-state index in [1.54, 1.807) is 0 Å². The van der Waals surface area contributed by atoms with E-state index in [1.807, 2.05) is 42.2 Å². The van der Waals surface area contributed by atoms with Crippen LogP contribution in [0.3, 0.4) is 0 Å². The van der Waals surface area contributed by atoms with Crippen molar-refractivity contribution in [3.63, 3.8) is 0 Å². The molecular formula is C26H17N3S. The van der Waals surface area contributed by atoms with Gasteiger partial charge in [-0.05, 0) is 48.5 Å². The predicted octanol–water partition coefficient (Wildman–Crippen LogP) is 7.23. The van der Waals surface area contributed by atoms with Crippen LogP contribution in [0.15, 0.2) is 113 Å². The Balaban J connectivity index is 1.43. The van der Waals surface area contributed by atoms with Crippen molar-refractivity contribution in [2.45, 2.75) is 9.79 Å². The SMILES string of the molecule is c1ccc2c(c1)Sc1ccccc1N2c1ccc(-c2cnc3ccccc3n2)cc1. The van der Waals surface area contributed by atoms with Gasteiger partial charge in [0.05, 0.1) is 34.3 Å². The van der Waals surface area contributed by atoms with E-state index in [-0.39, 0.29) is 0 Å². The second kappa shape index (κ2) is 7.01. The van der Waals surface area contributed by atoms with Crippen LogP contribution in [0, 0.1) is 0 Å². The molecule has 0 aliphatic carbocycles. The van der Waals surface area contributed by atoms with Gasteiger partial charge in [-0.15, -0.1) is 0 Å². The lowest BCUT2D eigenvalue weighted by atomic mass is 10.1. The summed E-state index contributed by atoms with van der Waals surface area (Å²) in [7, 11) is 0. The van der Waals surface area contributed by atoms with Gasteiger partial charge in [0.15, 0.2) is 0 Å². The molecule has 6 rings (SSSR count). The summed E-state index contributed by atoms with van der Waals surface area (Å²) in [5.74, 6) is 0. The Labute approximate surface area is 179 Å². The average Bonchev–Trinajstić information content (AvgIpc) is 2.82. The van der Waals surface area contributed by atoms with Crippen molar-refractivity contribution in [3.8, 4) is 11.3 Å². The van der Waals surface area contributed by atoms with Crippen molar-refractivity contribution in [3.05, 3.63) is 103 Å². The van der Waals surface area contributed by atoms with Crippen LogP contribution >= 0.6 is 11.8 Å². The number of nitrogens with zero attached hydrogens (tertiary/aromatic N) is 3. The zero-order valence-corrected chi connectivity index (χ0v) is 16.9. The van der Waals surface area contributed by atoms with Crippen LogP contribution in [-0.2, 0) is 0 Å². The fourth-order valence-electron chi connectivity index (χ4n) is 3.86. The van der Waals surface area contributed by atoms with Gasteiger partial charge >= 0.3 is 0 Å². The zero-order chi connectivity index (χ0) is 19.9. The minimum Gasteiger partial charge on any atom is -0.308 e. The van der Waals surface area contributed by atoms with Crippen molar-refractivity contribution < 1.29 is 0 Å². The molecule has 0 bridgehead atoms. The van der Waals surface area contributed by atoms with Gasteiger partial charge < -0.3 is 4.90 Å². The van der Waals surface area contributed by atoms with Crippen molar-refractivity contribution >= 4 is 39.9 Å². The highest BCUT2D eigenvalue weighted by Gasteiger charge is 2.24. The van der Waals surface area contributed by atoms with E-state index >= 15 is 0 Å². The molecule has 2 heterocycles. The molecule has 3 nitrogen and oxygen atoms in total. The summed E-state index contributed by atoms with van der Waals surface area (Å²) in [6.07, 6.45) is 1.85. The zero-order valence-electron chi connectivity index (χ0n) is 16.1. The second-order valence-corrected chi connectivity index (χ2v) is 8.25. The molecule has 0 saturated heterocycles. The van der Waals surface area contributed by atoms with E-state index < -0.39 is 0 Å². The first-order valence-corrected chi connectivity index (χ1v) is 10.7. The van der Waals surface area contributed by atoms with E-state index in [0.29, 0.717) is 0 Å². The first kappa shape index (κ1) is 17.2. The Morgan fingerprint density at radius 2 is 1.20 bits per heavy atom. The summed E-state index contributed by atoms with van der Waals surface area (Å²) in [5.41, 5.74) is 7.32. The van der Waals surface area contributed by atoms with Crippen molar-refractivity contribution in [1.82, 2.24) is 9.97 Å². The summed E-state index contributed by atoms with van der Waals surface area (Å²) in [6, 6.07) is 33.7. The molecule has 5 aromatic rings. The molecule has 0 atom stereocenters. The first-order chi connectivity index (χ1) is 14.9. The molecular weight excluding hydrogens is 386 g/mol. The third kappa shape index (κ3) is 2.85. The maximum atomic E-state index is 4.78. The largest absolute Gasteiger partial charge is 0.308 e. The Hall–Kier alpha value is -3.63. The van der Waals surface area contributed by atoms with Gasteiger partial charge in [0.1, 0.15) is 0 Å². The van der Waals surface area contributed by atoms with Crippen LogP contribution in [0.1, 0.15) is 0 Å². The van der Waals surface area contributed by atoms with E-state index in [2.05, 4.69) is 82.7 Å². The highest BCUT2D eigenvalue weighted by Crippen LogP contribution is 2.51. The van der Waals surface area contributed by atoms with Gasteiger partial charge in [-0.1, -0.05) is 60.3 Å². The topological polar surface area (TPSA) is 29.0 Å². The van der Waals surface area contributed by atoms with Gasteiger partial charge in [0.2, 0.25) is 0 Å². The van der Waals surface area contributed by atoms with E-state index in [0.717, 1.165) is 28.0 Å². The third-order valence-electron chi connectivity index (χ3n) is 5.30. The third-order valence-corrected chi connectivity index (χ3v) is 6.43. The monoisotopic (exact) mass is 403 g/mol. The molecule has 0 spiro atoms. The highest BCUT2D eigenvalue weighted by molar-refractivity contribution is 7.99. The molecule has 30 heavy (non-hydrogen) atoms. The van der Waals surface area contributed by atoms with Crippen molar-refractivity contribution in [1.29, 1.82) is 0 Å². The summed E-state index contributed by atoms with van der Waals surface area (Å²) < 4.78 is 0. The van der Waals surface area contributed by atoms with Gasteiger partial charge in [0.25, 0.3) is 0 Å². The number of benzene rings is 4. The summed E-state index contributed by atoms with van der Waals surface area (Å²) in [6.45, 7) is 0. The maximum Gasteiger partial charge on any atom is 0.0894 e. The quantitative estimate of drug-likeness (QED) is 0.305. The van der Waals surface area contributed by atoms with Crippen molar-refractivity contribution in [2.24, 2.45) is 0 Å². The Morgan fingerprint density at radius 3 is 1.90 bits per heavy atom. The summed E-state index contributed by atoms with van der Waals surface area (Å²) >= 11 is 1.82. The lowest BCUT2D eigenvalue weighted by Crippen LogP contribution is -2.14. The van der Waals surface area contributed by atoms with Crippen LogP contribution < -0.4 is 4.90 Å². The van der Waals surface area contributed by atoms with Gasteiger partial charge in [0, 0.05) is 21.0 Å². The lowest BCUT2D eigenvalue weighted by molar-refractivity contribution is 1.17. The molecule has 1 aliphatic heterocycles. The van der Waals surface area contributed by atoms with Gasteiger partial charge in [-0.2, -0.15) is 0 Å². The van der Waals surface area contributed by atoms with Crippen LogP contribution in [-0.4, -0.2) is 9.97 Å². The Morgan fingerprint density at radius 1 is 0.600 bits per heavy atom. The number of fused-ring (bicyclic) bond motifs is 3. The van der Waals surface area contributed by atoms with Crippen molar-refractivity contribution in [2.75, 3.05) is 4.90 Å². The molecule has 0 fully saturated rings. The molecule has 0 amide bonds. The number of anilines is 3. The molecule has 1 aromatic heterocycles. The van der Waals surface area contributed by atoms with Gasteiger partial charge in [-0.25, -0.2) is 4.98 Å². The minimum atomic E-state index is 0.884. The molecule has 1 aliphatic rings. The number of para-hydroxylation sites is 4.